The molecular weight excluding hydrogens is 778 g/mol. The molecule has 10 rings (SSSR count). The molecule has 0 radical (unpaired) electrons. The van der Waals surface area contributed by atoms with Gasteiger partial charge in [0.1, 0.15) is 50.1 Å². The lowest BCUT2D eigenvalue weighted by Crippen LogP contribution is -2.81. The number of amides is 2. The fraction of sp³-hybridized carbons (Fsp3) is 0.700. The van der Waals surface area contributed by atoms with Gasteiger partial charge in [0, 0.05) is 48.8 Å². The Morgan fingerprint density at radius 1 is 1.08 bits per heavy atom. The van der Waals surface area contributed by atoms with Gasteiger partial charge in [0.25, 0.3) is 0 Å². The normalized spacial score (nSPS) is 41.9. The van der Waals surface area contributed by atoms with Crippen molar-refractivity contribution in [3.63, 3.8) is 0 Å². The summed E-state index contributed by atoms with van der Waals surface area (Å²) in [5.41, 5.74) is 6.12. The summed E-state index contributed by atoms with van der Waals surface area (Å²) in [5.74, 6) is -3.37. The number of anilines is 1. The number of fused-ring (bicyclic) bond motifs is 4. The molecule has 19 nitrogen and oxygen atoms in total. The Balaban J connectivity index is 0.898. The third kappa shape index (κ3) is 5.80. The monoisotopic (exact) mass is 829 g/mol. The summed E-state index contributed by atoms with van der Waals surface area (Å²) < 4.78 is 49.1. The predicted octanol–water partition coefficient (Wildman–Crippen LogP) is 0.507. The van der Waals surface area contributed by atoms with Crippen molar-refractivity contribution in [2.24, 2.45) is 28.9 Å². The molecule has 4 unspecified atom stereocenters. The van der Waals surface area contributed by atoms with E-state index in [1.165, 1.54) is 23.1 Å². The van der Waals surface area contributed by atoms with Crippen molar-refractivity contribution in [3.8, 4) is 5.75 Å². The molecule has 2 spiro atoms. The minimum Gasteiger partial charge on any atom is -0.479 e. The topological polar surface area (TPSA) is 271 Å². The number of carboxylic acids is 1. The Morgan fingerprint density at radius 3 is 2.54 bits per heavy atom. The van der Waals surface area contributed by atoms with Crippen molar-refractivity contribution >= 4 is 29.6 Å². The maximum Gasteiger partial charge on any atom is 0.411 e. The van der Waals surface area contributed by atoms with Crippen LogP contribution in [-0.2, 0) is 54.1 Å². The van der Waals surface area contributed by atoms with Gasteiger partial charge in [0.15, 0.2) is 11.7 Å². The Hall–Kier alpha value is -3.92. The second-order valence-electron chi connectivity index (χ2n) is 17.4. The number of cyclic esters (lactones) is 1. The molecular formula is C40H51N3O16. The number of ether oxygens (including phenoxy) is 8. The second-order valence-corrected chi connectivity index (χ2v) is 17.4. The molecule has 19 heteroatoms. The van der Waals surface area contributed by atoms with E-state index in [0.29, 0.717) is 18.4 Å². The number of benzene rings is 1. The van der Waals surface area contributed by atoms with Crippen LogP contribution in [0, 0.1) is 23.2 Å². The molecule has 6 heterocycles. The van der Waals surface area contributed by atoms with Crippen LogP contribution in [-0.4, -0.2) is 142 Å². The number of hydrogen-bond acceptors (Lipinski definition) is 16. The first-order valence-corrected chi connectivity index (χ1v) is 20.3. The number of nitrogens with one attached hydrogen (secondary N) is 1. The highest BCUT2D eigenvalue weighted by atomic mass is 16.8. The number of carbonyl (C=O) groups is 4. The molecule has 14 atom stereocenters. The van der Waals surface area contributed by atoms with E-state index in [0.717, 1.165) is 17.6 Å². The molecule has 9 aliphatic rings. The van der Waals surface area contributed by atoms with Gasteiger partial charge in [-0.25, -0.2) is 14.4 Å². The van der Waals surface area contributed by atoms with Crippen LogP contribution in [0.2, 0.25) is 0 Å². The molecule has 1 aromatic carbocycles. The number of carboxylic acid groups (broad SMARTS) is 1. The summed E-state index contributed by atoms with van der Waals surface area (Å²) in [6.45, 7) is 8.42. The lowest BCUT2D eigenvalue weighted by molar-refractivity contribution is -0.381. The molecule has 2 saturated carbocycles. The molecule has 0 aromatic heterocycles. The predicted molar refractivity (Wildman–Crippen MR) is 197 cm³/mol. The van der Waals surface area contributed by atoms with E-state index < -0.39 is 71.8 Å². The van der Waals surface area contributed by atoms with E-state index in [-0.39, 0.29) is 92.2 Å². The van der Waals surface area contributed by atoms with Gasteiger partial charge in [0.2, 0.25) is 18.0 Å². The van der Waals surface area contributed by atoms with E-state index in [4.69, 9.17) is 43.6 Å². The third-order valence-corrected chi connectivity index (χ3v) is 14.2. The zero-order valence-electron chi connectivity index (χ0n) is 33.2. The summed E-state index contributed by atoms with van der Waals surface area (Å²) in [4.78, 5) is 51.9. The van der Waals surface area contributed by atoms with Crippen molar-refractivity contribution in [1.82, 2.24) is 4.90 Å². The van der Waals surface area contributed by atoms with Gasteiger partial charge in [-0.1, -0.05) is 26.8 Å². The first-order chi connectivity index (χ1) is 28.1. The van der Waals surface area contributed by atoms with Crippen LogP contribution >= 0.6 is 0 Å². The van der Waals surface area contributed by atoms with E-state index >= 15 is 0 Å². The van der Waals surface area contributed by atoms with Gasteiger partial charge < -0.3 is 69.4 Å². The average molecular weight is 830 g/mol. The van der Waals surface area contributed by atoms with E-state index in [2.05, 4.69) is 26.1 Å². The highest BCUT2D eigenvalue weighted by Crippen LogP contribution is 2.83. The highest BCUT2D eigenvalue weighted by Gasteiger charge is 2.96. The Morgan fingerprint density at radius 2 is 1.85 bits per heavy atom. The number of epoxide rings is 2. The summed E-state index contributed by atoms with van der Waals surface area (Å²) >= 11 is 0. The SMILES string of the molecule is CCN(CO[C@H]1C2[C@H]3O[C@H]3[C@H]3C4=C(CC[C@]3(C)[C@]23C[C@]2(O3)O[C@]12C(C)C)C(=O)OC4)C(=O)OCc1ccc(O[C@@H]2OC(C(=O)O)[C@@H](O)C(O)C2O)c(NC(=O)CCN)c1. The molecule has 59 heavy (non-hydrogen) atoms. The second kappa shape index (κ2) is 14.1. The molecule has 322 valence electrons. The standard InChI is InChI=1S/C40H51N3O16/c1-5-43(36(51)53-13-18-6-7-22(21(12-18)42-23(44)9-11-41)55-35-28(47)26(45)27(46)31(57-35)33(48)49)16-54-32-25-30-29(56-30)24-20-14-52-34(50)19(20)8-10-37(24,4)38(25)15-39(58-38)40(32,59-39)17(2)3/h6-7,12,17,24-32,35,45-47H,5,8-11,13-16,41H2,1-4H3,(H,42,44)(H,48,49)/t24-,25?,26?,27+,28?,29+,30-,31?,32+,35-,37+,38+,39+,40-/m1/s1. The van der Waals surface area contributed by atoms with Crippen LogP contribution in [0.3, 0.4) is 0 Å². The van der Waals surface area contributed by atoms with Gasteiger partial charge in [-0.05, 0) is 49.0 Å². The largest absolute Gasteiger partial charge is 0.479 e. The summed E-state index contributed by atoms with van der Waals surface area (Å²) in [6, 6.07) is 4.37. The Bertz CT molecular complexity index is 1970. The first-order valence-electron chi connectivity index (χ1n) is 20.3. The fourth-order valence-corrected chi connectivity index (χ4v) is 11.2. The molecule has 1 aromatic rings. The van der Waals surface area contributed by atoms with Gasteiger partial charge in [0.05, 0.1) is 23.5 Å². The summed E-state index contributed by atoms with van der Waals surface area (Å²) in [7, 11) is 0. The van der Waals surface area contributed by atoms with Crippen LogP contribution < -0.4 is 15.8 Å². The number of aliphatic carboxylic acids is 1. The molecule has 2 amide bonds. The van der Waals surface area contributed by atoms with Crippen LogP contribution in [0.1, 0.15) is 58.9 Å². The lowest BCUT2D eigenvalue weighted by Gasteiger charge is -2.69. The fourth-order valence-electron chi connectivity index (χ4n) is 11.2. The quantitative estimate of drug-likeness (QED) is 0.0898. The number of nitrogens with two attached hydrogens (primary N) is 1. The van der Waals surface area contributed by atoms with Gasteiger partial charge in [-0.3, -0.25) is 9.69 Å². The van der Waals surface area contributed by atoms with E-state index in [1.807, 2.05) is 0 Å². The van der Waals surface area contributed by atoms with Crippen LogP contribution in [0.25, 0.3) is 0 Å². The lowest BCUT2D eigenvalue weighted by atomic mass is 9.42. The molecule has 5 saturated heterocycles. The van der Waals surface area contributed by atoms with Gasteiger partial charge in [-0.2, -0.15) is 0 Å². The Kier molecular flexibility index (Phi) is 9.65. The highest BCUT2D eigenvalue weighted by molar-refractivity contribution is 5.93. The van der Waals surface area contributed by atoms with Crippen molar-refractivity contribution in [2.45, 2.75) is 126 Å². The minimum absolute atomic E-state index is 0.0158. The molecule has 7 fully saturated rings. The van der Waals surface area contributed by atoms with Crippen LogP contribution in [0.15, 0.2) is 29.3 Å². The maximum absolute atomic E-state index is 13.6. The van der Waals surface area contributed by atoms with Crippen molar-refractivity contribution in [1.29, 1.82) is 0 Å². The van der Waals surface area contributed by atoms with Crippen LogP contribution in [0.4, 0.5) is 10.5 Å². The number of carbonyl (C=O) groups excluding carboxylic acids is 3. The Labute approximate surface area is 338 Å². The first kappa shape index (κ1) is 40.5. The smallest absolute Gasteiger partial charge is 0.411 e. The number of hydrogen-bond donors (Lipinski definition) is 6. The van der Waals surface area contributed by atoms with Crippen molar-refractivity contribution < 1.29 is 77.5 Å². The maximum atomic E-state index is 13.6. The minimum atomic E-state index is -1.92. The third-order valence-electron chi connectivity index (χ3n) is 14.2. The zero-order valence-corrected chi connectivity index (χ0v) is 33.2. The van der Waals surface area contributed by atoms with Gasteiger partial charge >= 0.3 is 18.0 Å². The number of rotatable bonds is 13. The van der Waals surface area contributed by atoms with E-state index in [1.54, 1.807) is 6.92 Å². The number of nitrogens with zero attached hydrogens (tertiary/aromatic N) is 1. The van der Waals surface area contributed by atoms with Crippen molar-refractivity contribution in [2.75, 3.05) is 31.7 Å². The average Bonchev–Trinajstić information content (AvgIpc) is 4.09. The van der Waals surface area contributed by atoms with Crippen molar-refractivity contribution in [3.05, 3.63) is 34.9 Å². The number of aliphatic hydroxyl groups is 3. The molecule has 2 bridgehead atoms. The number of esters is 1. The molecule has 6 aliphatic heterocycles. The zero-order chi connectivity index (χ0) is 42.0. The number of aliphatic hydroxyl groups excluding tert-OH is 3. The van der Waals surface area contributed by atoms with Gasteiger partial charge in [-0.15, -0.1) is 0 Å². The molecule has 7 N–H and O–H groups in total. The molecule has 3 aliphatic carbocycles. The van der Waals surface area contributed by atoms with E-state index in [9.17, 15) is 39.6 Å². The summed E-state index contributed by atoms with van der Waals surface area (Å²) in [5, 5.41) is 42.9. The van der Waals surface area contributed by atoms with Crippen LogP contribution in [0.5, 0.6) is 5.75 Å². The summed E-state index contributed by atoms with van der Waals surface area (Å²) in [6.07, 6.45) is -8.76.